The lowest BCUT2D eigenvalue weighted by atomic mass is 9.98. The summed E-state index contributed by atoms with van der Waals surface area (Å²) in [5.41, 5.74) is 16.6. The molecule has 5 atom stereocenters. The van der Waals surface area contributed by atoms with Crippen LogP contribution in [0.1, 0.15) is 152 Å². The third-order valence-corrected chi connectivity index (χ3v) is 13.6. The highest BCUT2D eigenvalue weighted by molar-refractivity contribution is 9.22. The number of hydrogen-bond donors (Lipinski definition) is 4. The first-order valence-corrected chi connectivity index (χ1v) is 26.2. The van der Waals surface area contributed by atoms with Gasteiger partial charge in [0, 0.05) is 6.04 Å². The lowest BCUT2D eigenvalue weighted by molar-refractivity contribution is -0.144. The Morgan fingerprint density at radius 2 is 0.833 bits per heavy atom. The quantitative estimate of drug-likeness (QED) is 0.0605. The second-order valence-electron chi connectivity index (χ2n) is 18.4. The van der Waals surface area contributed by atoms with E-state index in [0.29, 0.717) is 37.7 Å². The van der Waals surface area contributed by atoms with Crippen molar-refractivity contribution >= 4 is 100 Å². The molecule has 19 heteroatoms. The summed E-state index contributed by atoms with van der Waals surface area (Å²) in [6, 6.07) is 33.5. The van der Waals surface area contributed by atoms with Crippen molar-refractivity contribution in [3.8, 4) is 23.0 Å². The standard InChI is InChI=1S/C14H18O3.C13H16O3.2C12H14O3.C8H11N.BBr.4H2S/c1-3-17-14(15)9-11-5-4-10-8-12(16-2)6-7-13(10)11;1-2-16-13(15)8-10-4-3-9-7-11(14)5-6-12(9)10;2*1-15-10-4-5-11-8(6-10)2-3-9(11)7-12(13)14;1-7(9)8-5-3-2-4-6-8;1-2;;;;/h6-8,11H,3-5,9H2,1-2H3;5-7,10,14H,2-4,8H2,1H3;2*4-6,9H,2-3,7H2,1H3,(H,13,14);2-7H,9H2,1H3;;4*1H2/t11-;10-;9-;;7-;;;;;/m000.0...../s1. The number of methoxy groups -OCH3 is 3. The molecule has 0 aromatic heterocycles. The molecule has 0 spiro atoms. The molecule has 5 aromatic carbocycles. The van der Waals surface area contributed by atoms with E-state index in [-0.39, 0.29) is 103 Å². The van der Waals surface area contributed by atoms with Gasteiger partial charge in [0.2, 0.25) is 0 Å². The number of ether oxygens (including phenoxy) is 5. The minimum atomic E-state index is -0.719. The van der Waals surface area contributed by atoms with Crippen molar-refractivity contribution in [3.05, 3.63) is 153 Å². The van der Waals surface area contributed by atoms with Crippen LogP contribution in [-0.2, 0) is 54.3 Å². The molecule has 0 saturated heterocycles. The summed E-state index contributed by atoms with van der Waals surface area (Å²) >= 11 is 2.44. The number of carboxylic acids is 2. The zero-order chi connectivity index (χ0) is 54.2. The molecular weight excluding hydrogens is 1130 g/mol. The van der Waals surface area contributed by atoms with E-state index in [4.69, 9.17) is 39.6 Å². The van der Waals surface area contributed by atoms with Crippen LogP contribution in [0.25, 0.3) is 0 Å². The van der Waals surface area contributed by atoms with E-state index in [2.05, 4.69) is 34.6 Å². The van der Waals surface area contributed by atoms with Gasteiger partial charge in [0.15, 0.2) is 6.67 Å². The van der Waals surface area contributed by atoms with E-state index in [1.807, 2.05) is 99.6 Å². The predicted molar refractivity (Wildman–Crippen MR) is 334 cm³/mol. The average Bonchev–Trinajstić information content (AvgIpc) is 4.20. The summed E-state index contributed by atoms with van der Waals surface area (Å²) in [4.78, 5) is 44.2. The van der Waals surface area contributed by atoms with Crippen LogP contribution < -0.4 is 19.9 Å². The predicted octanol–water partition coefficient (Wildman–Crippen LogP) is 12.1. The van der Waals surface area contributed by atoms with Crippen LogP contribution in [0.3, 0.4) is 0 Å². The SMILES string of the molecule is CCOC(=O)C[C@@H]1CCc2cc(O)ccc21.CCOC(=O)C[C@@H]1CCc2cc(OC)ccc21.COc1ccc2c(c1)CCC2CC(=O)O.COc1ccc2c(c1)CC[C@H]2CC(=O)O.C[C@H](N)c1ccccc1.S.S.S.S.[B]Br. The van der Waals surface area contributed by atoms with Gasteiger partial charge in [-0.25, -0.2) is 0 Å². The Hall–Kier alpha value is -4.92. The number of carbonyl (C=O) groups excluding carboxylic acids is 2. The molecule has 428 valence electrons. The molecule has 4 aliphatic carbocycles. The van der Waals surface area contributed by atoms with Crippen molar-refractivity contribution < 1.29 is 58.2 Å². The van der Waals surface area contributed by atoms with Gasteiger partial charge in [-0.3, -0.25) is 19.2 Å². The minimum Gasteiger partial charge on any atom is -0.508 e. The molecule has 0 amide bonds. The number of hydrogen-bond acceptors (Lipinski definition) is 11. The maximum atomic E-state index is 11.5. The molecule has 0 saturated carbocycles. The fourth-order valence-corrected chi connectivity index (χ4v) is 9.99. The van der Waals surface area contributed by atoms with Gasteiger partial charge in [-0.05, 0) is 194 Å². The van der Waals surface area contributed by atoms with Crippen LogP contribution in [0.15, 0.2) is 103 Å². The monoisotopic (exact) mass is 1210 g/mol. The molecule has 9 rings (SSSR count). The highest BCUT2D eigenvalue weighted by Gasteiger charge is 2.28. The fraction of sp³-hybridized carbons (Fsp3) is 0.424. The Kier molecular flexibility index (Phi) is 36.2. The summed E-state index contributed by atoms with van der Waals surface area (Å²) in [5, 5.41) is 26.9. The molecule has 0 aliphatic heterocycles. The highest BCUT2D eigenvalue weighted by Crippen LogP contribution is 2.40. The molecule has 5 aromatic rings. The van der Waals surface area contributed by atoms with Crippen LogP contribution >= 0.6 is 69.7 Å². The zero-order valence-corrected chi connectivity index (χ0v) is 51.2. The first kappa shape index (κ1) is 73.1. The number of benzene rings is 5. The lowest BCUT2D eigenvalue weighted by Crippen LogP contribution is -2.08. The summed E-state index contributed by atoms with van der Waals surface area (Å²) in [6.45, 7) is 10.8. The smallest absolute Gasteiger partial charge is 0.306 e. The Labute approximate surface area is 499 Å². The minimum absolute atomic E-state index is 0. The number of esters is 2. The largest absolute Gasteiger partial charge is 0.508 e. The van der Waals surface area contributed by atoms with Crippen molar-refractivity contribution in [1.82, 2.24) is 0 Å². The van der Waals surface area contributed by atoms with Crippen molar-refractivity contribution in [2.45, 2.75) is 128 Å². The molecule has 4 aliphatic rings. The van der Waals surface area contributed by atoms with Gasteiger partial charge in [0.1, 0.15) is 23.0 Å². The van der Waals surface area contributed by atoms with E-state index in [9.17, 15) is 24.3 Å². The number of halogens is 1. The Morgan fingerprint density at radius 1 is 0.526 bits per heavy atom. The van der Waals surface area contributed by atoms with Crippen LogP contribution in [0.5, 0.6) is 23.0 Å². The van der Waals surface area contributed by atoms with Gasteiger partial charge in [0.25, 0.3) is 0 Å². The van der Waals surface area contributed by atoms with Gasteiger partial charge < -0.3 is 44.7 Å². The number of phenolic OH excluding ortho intramolecular Hbond substituents is 1. The molecule has 2 radical (unpaired) electrons. The Morgan fingerprint density at radius 3 is 1.12 bits per heavy atom. The molecular formula is C59H81BBrNO12S4. The van der Waals surface area contributed by atoms with E-state index in [1.165, 1.54) is 44.5 Å². The number of aromatic hydroxyl groups is 1. The molecule has 78 heavy (non-hydrogen) atoms. The van der Waals surface area contributed by atoms with Gasteiger partial charge in [-0.1, -0.05) is 54.6 Å². The number of nitrogens with two attached hydrogens (primary N) is 1. The number of aliphatic carboxylic acids is 2. The second kappa shape index (κ2) is 38.6. The average molecular weight is 1220 g/mol. The fourth-order valence-electron chi connectivity index (χ4n) is 9.99. The maximum Gasteiger partial charge on any atom is 0.306 e. The molecule has 5 N–H and O–H groups in total. The number of carbonyl (C=O) groups is 4. The maximum absolute atomic E-state index is 11.5. The summed E-state index contributed by atoms with van der Waals surface area (Å²) in [5.74, 6) is 2.17. The number of fused-ring (bicyclic) bond motifs is 4. The van der Waals surface area contributed by atoms with Gasteiger partial charge in [-0.2, -0.15) is 69.7 Å². The topological polar surface area (TPSA) is 201 Å². The van der Waals surface area contributed by atoms with Gasteiger partial charge in [-0.15, -0.1) is 0 Å². The van der Waals surface area contributed by atoms with Crippen LogP contribution in [0, 0.1) is 0 Å². The number of rotatable bonds is 14. The third-order valence-electron chi connectivity index (χ3n) is 13.6. The zero-order valence-electron chi connectivity index (χ0n) is 45.6. The van der Waals surface area contributed by atoms with E-state index < -0.39 is 11.9 Å². The van der Waals surface area contributed by atoms with E-state index >= 15 is 0 Å². The van der Waals surface area contributed by atoms with Crippen LogP contribution in [-0.4, -0.2) is 80.4 Å². The van der Waals surface area contributed by atoms with Gasteiger partial charge in [0.05, 0.1) is 60.2 Å². The van der Waals surface area contributed by atoms with Gasteiger partial charge >= 0.3 is 23.9 Å². The summed E-state index contributed by atoms with van der Waals surface area (Å²) < 4.78 is 25.4. The van der Waals surface area contributed by atoms with Crippen molar-refractivity contribution in [3.63, 3.8) is 0 Å². The normalized spacial score (nSPS) is 16.3. The van der Waals surface area contributed by atoms with E-state index in [0.717, 1.165) is 74.2 Å². The van der Waals surface area contributed by atoms with E-state index in [1.54, 1.807) is 33.5 Å². The van der Waals surface area contributed by atoms with Crippen LogP contribution in [0.2, 0.25) is 0 Å². The molecule has 1 unspecified atom stereocenters. The Balaban J connectivity index is 0.000000940. The molecule has 0 bridgehead atoms. The number of carboxylic acid groups (broad SMARTS) is 2. The number of phenols is 1. The van der Waals surface area contributed by atoms with Crippen LogP contribution in [0.4, 0.5) is 0 Å². The molecule has 13 nitrogen and oxygen atoms in total. The lowest BCUT2D eigenvalue weighted by Gasteiger charge is -2.11. The van der Waals surface area contributed by atoms with Crippen molar-refractivity contribution in [1.29, 1.82) is 0 Å². The first-order valence-electron chi connectivity index (χ1n) is 25.3. The summed E-state index contributed by atoms with van der Waals surface area (Å²) in [6.07, 6.45) is 9.18. The Bertz CT molecular complexity index is 2520. The third kappa shape index (κ3) is 23.0. The van der Waals surface area contributed by atoms with Crippen molar-refractivity contribution in [2.75, 3.05) is 34.5 Å². The number of aryl methyl sites for hydroxylation is 4. The molecule has 0 fully saturated rings. The second-order valence-corrected chi connectivity index (χ2v) is 18.4. The highest BCUT2D eigenvalue weighted by atomic mass is 79.9. The summed E-state index contributed by atoms with van der Waals surface area (Å²) in [7, 11) is 4.96. The van der Waals surface area contributed by atoms with Crippen molar-refractivity contribution in [2.24, 2.45) is 5.73 Å². The molecule has 0 heterocycles. The first-order chi connectivity index (χ1) is 35.7.